The number of aromatic nitrogens is 4. The second kappa shape index (κ2) is 7.94. The smallest absolute Gasteiger partial charge is 0.260 e. The Morgan fingerprint density at radius 1 is 1.15 bits per heavy atom. The van der Waals surface area contributed by atoms with Crippen LogP contribution in [0.15, 0.2) is 53.6 Å². The fourth-order valence-corrected chi connectivity index (χ4v) is 3.07. The standard InChI is InChI=1S/C19H19N5O3/c25-17(13-26-16-2-1-7-21-12-16)24-10-5-14(6-11-24)18-22-19(27-23-18)15-3-8-20-9-4-15/h1-4,7-9,12,14H,5-6,10-11,13H2. The van der Waals surface area contributed by atoms with E-state index in [9.17, 15) is 4.79 Å². The molecule has 0 N–H and O–H groups in total. The average Bonchev–Trinajstić information content (AvgIpc) is 3.24. The van der Waals surface area contributed by atoms with Gasteiger partial charge in [0.05, 0.1) is 6.20 Å². The molecule has 3 aromatic heterocycles. The molecule has 0 aliphatic carbocycles. The van der Waals surface area contributed by atoms with Crippen LogP contribution in [-0.2, 0) is 4.79 Å². The Balaban J connectivity index is 1.30. The average molecular weight is 365 g/mol. The van der Waals surface area contributed by atoms with Gasteiger partial charge in [0.25, 0.3) is 11.8 Å². The van der Waals surface area contributed by atoms with Crippen molar-refractivity contribution in [3.05, 3.63) is 54.9 Å². The van der Waals surface area contributed by atoms with Gasteiger partial charge in [0.15, 0.2) is 12.4 Å². The Morgan fingerprint density at radius 2 is 1.96 bits per heavy atom. The predicted molar refractivity (Wildman–Crippen MR) is 95.8 cm³/mol. The van der Waals surface area contributed by atoms with Crippen molar-refractivity contribution in [3.8, 4) is 17.2 Å². The lowest BCUT2D eigenvalue weighted by atomic mass is 9.96. The van der Waals surface area contributed by atoms with E-state index in [0.717, 1.165) is 18.4 Å². The van der Waals surface area contributed by atoms with Crippen LogP contribution in [0.1, 0.15) is 24.6 Å². The Morgan fingerprint density at radius 3 is 2.70 bits per heavy atom. The van der Waals surface area contributed by atoms with Crippen molar-refractivity contribution >= 4 is 5.91 Å². The summed E-state index contributed by atoms with van der Waals surface area (Å²) in [7, 11) is 0. The molecule has 4 heterocycles. The van der Waals surface area contributed by atoms with Gasteiger partial charge in [-0.3, -0.25) is 14.8 Å². The molecular formula is C19H19N5O3. The fourth-order valence-electron chi connectivity index (χ4n) is 3.07. The summed E-state index contributed by atoms with van der Waals surface area (Å²) in [6.07, 6.45) is 8.24. The molecule has 8 heteroatoms. The van der Waals surface area contributed by atoms with E-state index in [1.807, 2.05) is 17.0 Å². The highest BCUT2D eigenvalue weighted by molar-refractivity contribution is 5.77. The summed E-state index contributed by atoms with van der Waals surface area (Å²) in [5.41, 5.74) is 0.851. The quantitative estimate of drug-likeness (QED) is 0.685. The van der Waals surface area contributed by atoms with E-state index >= 15 is 0 Å². The lowest BCUT2D eigenvalue weighted by Crippen LogP contribution is -2.40. The molecule has 27 heavy (non-hydrogen) atoms. The lowest BCUT2D eigenvalue weighted by molar-refractivity contribution is -0.134. The molecule has 4 rings (SSSR count). The van der Waals surface area contributed by atoms with Gasteiger partial charge in [-0.05, 0) is 37.1 Å². The normalized spacial score (nSPS) is 14.9. The third-order valence-corrected chi connectivity index (χ3v) is 4.58. The number of carbonyl (C=O) groups is 1. The number of pyridine rings is 2. The van der Waals surface area contributed by atoms with Crippen molar-refractivity contribution in [2.75, 3.05) is 19.7 Å². The van der Waals surface area contributed by atoms with Gasteiger partial charge in [-0.15, -0.1) is 0 Å². The molecular weight excluding hydrogens is 346 g/mol. The van der Waals surface area contributed by atoms with Gasteiger partial charge in [0.1, 0.15) is 5.75 Å². The first-order chi connectivity index (χ1) is 13.3. The van der Waals surface area contributed by atoms with Gasteiger partial charge in [0, 0.05) is 43.2 Å². The minimum absolute atomic E-state index is 0.0186. The molecule has 8 nitrogen and oxygen atoms in total. The maximum Gasteiger partial charge on any atom is 0.260 e. The minimum Gasteiger partial charge on any atom is -0.482 e. The highest BCUT2D eigenvalue weighted by atomic mass is 16.5. The highest BCUT2D eigenvalue weighted by Crippen LogP contribution is 2.28. The third-order valence-electron chi connectivity index (χ3n) is 4.58. The maximum atomic E-state index is 12.3. The molecule has 0 atom stereocenters. The summed E-state index contributed by atoms with van der Waals surface area (Å²) in [5, 5.41) is 4.12. The van der Waals surface area contributed by atoms with Crippen LogP contribution in [0.25, 0.3) is 11.5 Å². The van der Waals surface area contributed by atoms with Gasteiger partial charge < -0.3 is 14.2 Å². The number of nitrogens with zero attached hydrogens (tertiary/aromatic N) is 5. The van der Waals surface area contributed by atoms with Crippen molar-refractivity contribution in [1.29, 1.82) is 0 Å². The molecule has 1 aliphatic heterocycles. The van der Waals surface area contributed by atoms with E-state index in [4.69, 9.17) is 9.26 Å². The molecule has 0 aromatic carbocycles. The molecule has 0 bridgehead atoms. The molecule has 1 fully saturated rings. The Bertz CT molecular complexity index is 877. The van der Waals surface area contributed by atoms with Crippen LogP contribution in [0, 0.1) is 0 Å². The van der Waals surface area contributed by atoms with Crippen molar-refractivity contribution in [3.63, 3.8) is 0 Å². The largest absolute Gasteiger partial charge is 0.482 e. The molecule has 0 radical (unpaired) electrons. The Kier molecular flexibility index (Phi) is 5.04. The monoisotopic (exact) mass is 365 g/mol. The van der Waals surface area contributed by atoms with Crippen molar-refractivity contribution in [2.45, 2.75) is 18.8 Å². The number of likely N-dealkylation sites (tertiary alicyclic amines) is 1. The summed E-state index contributed by atoms with van der Waals surface area (Å²) in [6, 6.07) is 7.22. The number of piperidine rings is 1. The maximum absolute atomic E-state index is 12.3. The number of hydrogen-bond donors (Lipinski definition) is 0. The van der Waals surface area contributed by atoms with Crippen LogP contribution in [0.4, 0.5) is 0 Å². The van der Waals surface area contributed by atoms with Crippen LogP contribution >= 0.6 is 0 Å². The van der Waals surface area contributed by atoms with Crippen LogP contribution in [0.3, 0.4) is 0 Å². The number of amides is 1. The topological polar surface area (TPSA) is 94.2 Å². The SMILES string of the molecule is O=C(COc1cccnc1)N1CCC(c2noc(-c3ccncc3)n2)CC1. The number of carbonyl (C=O) groups excluding carboxylic acids is 1. The zero-order chi connectivity index (χ0) is 18.5. The van der Waals surface area contributed by atoms with Crippen molar-refractivity contribution in [2.24, 2.45) is 0 Å². The molecule has 1 amide bonds. The van der Waals surface area contributed by atoms with Gasteiger partial charge in [0.2, 0.25) is 0 Å². The van der Waals surface area contributed by atoms with Crippen LogP contribution in [0.5, 0.6) is 5.75 Å². The Hall–Kier alpha value is -3.29. The molecule has 1 saturated heterocycles. The molecule has 3 aromatic rings. The summed E-state index contributed by atoms with van der Waals surface area (Å²) in [4.78, 5) is 26.6. The first-order valence-corrected chi connectivity index (χ1v) is 8.84. The fraction of sp³-hybridized carbons (Fsp3) is 0.316. The third kappa shape index (κ3) is 4.11. The van der Waals surface area contributed by atoms with Gasteiger partial charge in [-0.2, -0.15) is 4.98 Å². The van der Waals surface area contributed by atoms with E-state index < -0.39 is 0 Å². The van der Waals surface area contributed by atoms with E-state index in [2.05, 4.69) is 20.1 Å². The second-order valence-electron chi connectivity index (χ2n) is 6.33. The summed E-state index contributed by atoms with van der Waals surface area (Å²) >= 11 is 0. The first kappa shape index (κ1) is 17.1. The zero-order valence-electron chi connectivity index (χ0n) is 14.7. The second-order valence-corrected chi connectivity index (χ2v) is 6.33. The van der Waals surface area contributed by atoms with E-state index in [0.29, 0.717) is 30.6 Å². The summed E-state index contributed by atoms with van der Waals surface area (Å²) < 4.78 is 10.9. The minimum atomic E-state index is -0.0251. The zero-order valence-corrected chi connectivity index (χ0v) is 14.7. The molecule has 138 valence electrons. The summed E-state index contributed by atoms with van der Waals surface area (Å²) in [6.45, 7) is 1.32. The number of hydrogen-bond acceptors (Lipinski definition) is 7. The summed E-state index contributed by atoms with van der Waals surface area (Å²) in [5.74, 6) is 1.95. The highest BCUT2D eigenvalue weighted by Gasteiger charge is 2.27. The van der Waals surface area contributed by atoms with Crippen LogP contribution < -0.4 is 4.74 Å². The van der Waals surface area contributed by atoms with Crippen molar-refractivity contribution in [1.82, 2.24) is 25.0 Å². The Labute approximate surface area is 156 Å². The molecule has 0 spiro atoms. The molecule has 1 aliphatic rings. The van der Waals surface area contributed by atoms with Crippen molar-refractivity contribution < 1.29 is 14.1 Å². The van der Waals surface area contributed by atoms with Gasteiger partial charge >= 0.3 is 0 Å². The molecule has 0 unspecified atom stereocenters. The van der Waals surface area contributed by atoms with Gasteiger partial charge in [-0.25, -0.2) is 0 Å². The van der Waals surface area contributed by atoms with E-state index in [1.165, 1.54) is 0 Å². The number of ether oxygens (including phenoxy) is 1. The first-order valence-electron chi connectivity index (χ1n) is 8.84. The lowest BCUT2D eigenvalue weighted by Gasteiger charge is -2.30. The van der Waals surface area contributed by atoms with Crippen LogP contribution in [-0.4, -0.2) is 50.6 Å². The van der Waals surface area contributed by atoms with Gasteiger partial charge in [-0.1, -0.05) is 5.16 Å². The molecule has 0 saturated carbocycles. The number of rotatable bonds is 5. The van der Waals surface area contributed by atoms with Crippen LogP contribution in [0.2, 0.25) is 0 Å². The van der Waals surface area contributed by atoms with E-state index in [-0.39, 0.29) is 18.4 Å². The van der Waals surface area contributed by atoms with E-state index in [1.54, 1.807) is 36.9 Å². The predicted octanol–water partition coefficient (Wildman–Crippen LogP) is 2.31.